The van der Waals surface area contributed by atoms with Gasteiger partial charge in [0.25, 0.3) is 0 Å². The summed E-state index contributed by atoms with van der Waals surface area (Å²) in [5.74, 6) is 0.686. The predicted molar refractivity (Wildman–Crippen MR) is 265 cm³/mol. The van der Waals surface area contributed by atoms with Crippen LogP contribution in [0.15, 0.2) is 233 Å². The van der Waals surface area contributed by atoms with Gasteiger partial charge in [-0.05, 0) is 87.2 Å². The SMILES string of the molecule is c1ccc(-c2cc(-c3ccc(-c4cccc5c4oc4ccccc45)cc3)nc(-c3ccc(-c4cccc5c4Cc4ccccc4Sc4ccccc4Cc4ccccc4-5)cc3)n2)cc1. The standard InChI is InChI=1S/C60H40N2OS/c1-2-14-41(15-3-1)54-38-55(42-32-28-40(29-33-42)49-22-13-24-52-51-20-8-9-25-56(51)63-59(49)52)62-60(61-54)43-34-30-39(31-35-43)47-21-12-23-50-48-19-7-4-16-44(48)36-45-17-5-10-26-57(45)64-58-27-11-6-18-46(58)37-53(47)50/h1-35,38H,36-37H2. The predicted octanol–water partition coefficient (Wildman–Crippen LogP) is 16.0. The third kappa shape index (κ3) is 6.99. The molecule has 0 N–H and O–H groups in total. The molecule has 0 bridgehead atoms. The highest BCUT2D eigenvalue weighted by Crippen LogP contribution is 2.42. The van der Waals surface area contributed by atoms with E-state index in [1.165, 1.54) is 48.7 Å². The van der Waals surface area contributed by atoms with E-state index in [2.05, 4.69) is 200 Å². The van der Waals surface area contributed by atoms with E-state index in [1.807, 2.05) is 30.0 Å². The monoisotopic (exact) mass is 836 g/mol. The van der Waals surface area contributed by atoms with Crippen molar-refractivity contribution >= 4 is 33.7 Å². The lowest BCUT2D eigenvalue weighted by atomic mass is 9.85. The van der Waals surface area contributed by atoms with Crippen LogP contribution in [0.4, 0.5) is 0 Å². The van der Waals surface area contributed by atoms with E-state index in [-0.39, 0.29) is 0 Å². The minimum atomic E-state index is 0.686. The quantitative estimate of drug-likeness (QED) is 0.173. The van der Waals surface area contributed by atoms with Crippen molar-refractivity contribution < 1.29 is 4.42 Å². The number of fused-ring (bicyclic) bond motifs is 8. The zero-order chi connectivity index (χ0) is 42.4. The van der Waals surface area contributed by atoms with E-state index in [0.717, 1.165) is 79.5 Å². The van der Waals surface area contributed by atoms with Crippen LogP contribution in [0.1, 0.15) is 22.3 Å². The van der Waals surface area contributed by atoms with Gasteiger partial charge < -0.3 is 4.42 Å². The van der Waals surface area contributed by atoms with Gasteiger partial charge in [-0.3, -0.25) is 0 Å². The highest BCUT2D eigenvalue weighted by atomic mass is 32.2. The molecule has 2 aromatic heterocycles. The highest BCUT2D eigenvalue weighted by molar-refractivity contribution is 7.99. The average Bonchev–Trinajstić information content (AvgIpc) is 3.74. The molecule has 0 unspecified atom stereocenters. The van der Waals surface area contributed by atoms with Gasteiger partial charge in [0.05, 0.1) is 11.4 Å². The number of hydrogen-bond acceptors (Lipinski definition) is 4. The second-order valence-electron chi connectivity index (χ2n) is 16.4. The molecule has 0 amide bonds. The van der Waals surface area contributed by atoms with Crippen molar-refractivity contribution in [2.24, 2.45) is 0 Å². The van der Waals surface area contributed by atoms with Crippen LogP contribution in [-0.4, -0.2) is 9.97 Å². The smallest absolute Gasteiger partial charge is 0.160 e. The van der Waals surface area contributed by atoms with Gasteiger partial charge in [-0.1, -0.05) is 206 Å². The summed E-state index contributed by atoms with van der Waals surface area (Å²) >= 11 is 1.88. The van der Waals surface area contributed by atoms with Crippen LogP contribution in [0.25, 0.3) is 89.2 Å². The summed E-state index contributed by atoms with van der Waals surface area (Å²) in [7, 11) is 0. The van der Waals surface area contributed by atoms with Crippen LogP contribution in [0.5, 0.6) is 0 Å². The van der Waals surface area contributed by atoms with Crippen LogP contribution in [0, 0.1) is 0 Å². The van der Waals surface area contributed by atoms with Gasteiger partial charge in [-0.25, -0.2) is 9.97 Å². The Kier molecular flexibility index (Phi) is 9.58. The fourth-order valence-electron chi connectivity index (χ4n) is 9.33. The van der Waals surface area contributed by atoms with Gasteiger partial charge in [-0.2, -0.15) is 0 Å². The Morgan fingerprint density at radius 3 is 1.64 bits per heavy atom. The molecule has 0 fully saturated rings. The van der Waals surface area contributed by atoms with E-state index in [0.29, 0.717) is 5.82 Å². The van der Waals surface area contributed by atoms with Crippen LogP contribution in [-0.2, 0) is 12.8 Å². The summed E-state index contributed by atoms with van der Waals surface area (Å²) in [5, 5.41) is 2.25. The number of rotatable bonds is 5. The molecule has 0 spiro atoms. The van der Waals surface area contributed by atoms with E-state index in [1.54, 1.807) is 0 Å². The van der Waals surface area contributed by atoms with Gasteiger partial charge in [0.15, 0.2) is 5.82 Å². The maximum absolute atomic E-state index is 6.39. The third-order valence-corrected chi connectivity index (χ3v) is 13.8. The molecule has 1 aliphatic heterocycles. The summed E-state index contributed by atoms with van der Waals surface area (Å²) in [6.45, 7) is 0. The Bertz CT molecular complexity index is 3520. The zero-order valence-electron chi connectivity index (χ0n) is 34.9. The zero-order valence-corrected chi connectivity index (χ0v) is 35.7. The van der Waals surface area contributed by atoms with E-state index >= 15 is 0 Å². The van der Waals surface area contributed by atoms with Crippen molar-refractivity contribution in [2.75, 3.05) is 0 Å². The molecule has 4 heteroatoms. The lowest BCUT2D eigenvalue weighted by Crippen LogP contribution is -2.00. The summed E-state index contributed by atoms with van der Waals surface area (Å²) in [4.78, 5) is 13.0. The molecular formula is C60H40N2OS. The number of nitrogens with zero attached hydrogens (tertiary/aromatic N) is 2. The average molecular weight is 837 g/mol. The molecule has 0 saturated heterocycles. The molecule has 11 aromatic rings. The molecule has 0 atom stereocenters. The van der Waals surface area contributed by atoms with E-state index < -0.39 is 0 Å². The van der Waals surface area contributed by atoms with Gasteiger partial charge in [0, 0.05) is 42.8 Å². The molecule has 12 rings (SSSR count). The number of furan rings is 1. The summed E-state index contributed by atoms with van der Waals surface area (Å²) in [6, 6.07) is 78.1. The summed E-state index contributed by atoms with van der Waals surface area (Å²) in [6.07, 6.45) is 1.68. The topological polar surface area (TPSA) is 38.9 Å². The number of para-hydroxylation sites is 2. The second kappa shape index (κ2) is 16.2. The molecule has 0 aliphatic carbocycles. The summed E-state index contributed by atoms with van der Waals surface area (Å²) in [5.41, 5.74) is 19.0. The molecule has 302 valence electrons. The van der Waals surface area contributed by atoms with Gasteiger partial charge >= 0.3 is 0 Å². The van der Waals surface area contributed by atoms with Crippen molar-refractivity contribution in [1.82, 2.24) is 9.97 Å². The van der Waals surface area contributed by atoms with Crippen molar-refractivity contribution in [3.63, 3.8) is 0 Å². The van der Waals surface area contributed by atoms with Crippen LogP contribution in [0.2, 0.25) is 0 Å². The van der Waals surface area contributed by atoms with Gasteiger partial charge in [0.2, 0.25) is 0 Å². The fourth-order valence-corrected chi connectivity index (χ4v) is 10.4. The summed E-state index contributed by atoms with van der Waals surface area (Å²) < 4.78 is 6.39. The molecule has 9 aromatic carbocycles. The molecular weight excluding hydrogens is 797 g/mol. The first-order valence-corrected chi connectivity index (χ1v) is 22.6. The number of aromatic nitrogens is 2. The lowest BCUT2D eigenvalue weighted by molar-refractivity contribution is 0.670. The Morgan fingerprint density at radius 1 is 0.359 bits per heavy atom. The van der Waals surface area contributed by atoms with Crippen LogP contribution in [0.3, 0.4) is 0 Å². The molecule has 0 saturated carbocycles. The normalized spacial score (nSPS) is 12.2. The largest absolute Gasteiger partial charge is 0.455 e. The van der Waals surface area contributed by atoms with Crippen LogP contribution < -0.4 is 0 Å². The number of hydrogen-bond donors (Lipinski definition) is 0. The van der Waals surface area contributed by atoms with E-state index in [4.69, 9.17) is 14.4 Å². The Balaban J connectivity index is 0.934. The Labute approximate surface area is 376 Å². The molecule has 3 nitrogen and oxygen atoms in total. The minimum Gasteiger partial charge on any atom is -0.455 e. The Hall–Kier alpha value is -7.79. The third-order valence-electron chi connectivity index (χ3n) is 12.5. The van der Waals surface area contributed by atoms with Gasteiger partial charge in [-0.15, -0.1) is 0 Å². The fraction of sp³-hybridized carbons (Fsp3) is 0.0333. The number of benzene rings is 9. The minimum absolute atomic E-state index is 0.686. The van der Waals surface area contributed by atoms with Crippen molar-refractivity contribution in [3.8, 4) is 67.3 Å². The first kappa shape index (κ1) is 37.9. The maximum Gasteiger partial charge on any atom is 0.160 e. The first-order chi connectivity index (χ1) is 31.7. The van der Waals surface area contributed by atoms with Crippen molar-refractivity contribution in [2.45, 2.75) is 22.6 Å². The first-order valence-electron chi connectivity index (χ1n) is 21.8. The highest BCUT2D eigenvalue weighted by Gasteiger charge is 2.20. The van der Waals surface area contributed by atoms with Crippen LogP contribution >= 0.6 is 11.8 Å². The van der Waals surface area contributed by atoms with Crippen molar-refractivity contribution in [3.05, 3.63) is 241 Å². The second-order valence-corrected chi connectivity index (χ2v) is 17.5. The molecule has 64 heavy (non-hydrogen) atoms. The molecule has 0 radical (unpaired) electrons. The van der Waals surface area contributed by atoms with E-state index in [9.17, 15) is 0 Å². The molecule has 1 aliphatic rings. The Morgan fingerprint density at radius 2 is 0.875 bits per heavy atom. The van der Waals surface area contributed by atoms with Gasteiger partial charge in [0.1, 0.15) is 11.2 Å². The maximum atomic E-state index is 6.39. The lowest BCUT2D eigenvalue weighted by Gasteiger charge is -2.19. The molecule has 3 heterocycles. The van der Waals surface area contributed by atoms with Crippen molar-refractivity contribution in [1.29, 1.82) is 0 Å².